The van der Waals surface area contributed by atoms with Crippen molar-refractivity contribution >= 4 is 5.97 Å². The van der Waals surface area contributed by atoms with Crippen LogP contribution in [0.25, 0.3) is 0 Å². The van der Waals surface area contributed by atoms with Crippen molar-refractivity contribution in [2.75, 3.05) is 13.7 Å². The molecule has 11 heteroatoms. The molecule has 4 nitrogen and oxygen atoms in total. The monoisotopic (exact) mass is 432 g/mol. The molecule has 1 aliphatic carbocycles. The maximum atomic E-state index is 13.9. The molecular weight excluding hydrogens is 413 g/mol. The molecule has 1 aromatic carbocycles. The molecular formula is C18H19F7O4. The normalized spacial score (nSPS) is 21.5. The van der Waals surface area contributed by atoms with Crippen LogP contribution in [0.1, 0.15) is 25.7 Å². The van der Waals surface area contributed by atoms with E-state index < -0.39 is 41.9 Å². The first-order valence-corrected chi connectivity index (χ1v) is 8.71. The summed E-state index contributed by atoms with van der Waals surface area (Å²) in [5.41, 5.74) is 0. The van der Waals surface area contributed by atoms with Crippen LogP contribution < -0.4 is 9.47 Å². The second kappa shape index (κ2) is 9.19. The third kappa shape index (κ3) is 6.22. The number of hydrogen-bond acceptors (Lipinski definition) is 4. The number of esters is 1. The molecule has 1 aliphatic rings. The number of hydrogen-bond donors (Lipinski definition) is 0. The van der Waals surface area contributed by atoms with Crippen LogP contribution in [0.5, 0.6) is 11.5 Å². The molecule has 0 heterocycles. The van der Waals surface area contributed by atoms with Gasteiger partial charge < -0.3 is 14.2 Å². The minimum atomic E-state index is -5.89. The summed E-state index contributed by atoms with van der Waals surface area (Å²) >= 11 is 0. The predicted molar refractivity (Wildman–Crippen MR) is 85.9 cm³/mol. The van der Waals surface area contributed by atoms with Crippen molar-refractivity contribution < 1.29 is 49.7 Å². The van der Waals surface area contributed by atoms with Crippen molar-refractivity contribution in [1.82, 2.24) is 0 Å². The molecule has 0 aromatic heterocycles. The van der Waals surface area contributed by atoms with Crippen LogP contribution in [0, 0.1) is 17.7 Å². The third-order valence-corrected chi connectivity index (χ3v) is 4.53. The second-order valence-corrected chi connectivity index (χ2v) is 6.75. The Morgan fingerprint density at radius 2 is 1.76 bits per heavy atom. The summed E-state index contributed by atoms with van der Waals surface area (Å²) in [6, 6.07) is 1.90. The summed E-state index contributed by atoms with van der Waals surface area (Å²) < 4.78 is 103. The van der Waals surface area contributed by atoms with Gasteiger partial charge in [0.15, 0.2) is 11.6 Å². The van der Waals surface area contributed by atoms with Gasteiger partial charge in [-0.1, -0.05) is 0 Å². The third-order valence-electron chi connectivity index (χ3n) is 4.53. The van der Waals surface area contributed by atoms with Crippen LogP contribution in [-0.2, 0) is 9.53 Å². The number of alkyl halides is 6. The van der Waals surface area contributed by atoms with E-state index in [0.29, 0.717) is 37.5 Å². The van der Waals surface area contributed by atoms with Gasteiger partial charge in [-0.05, 0) is 43.7 Å². The molecule has 0 aliphatic heterocycles. The Kier molecular flexibility index (Phi) is 7.36. The Labute approximate surface area is 161 Å². The molecule has 1 fully saturated rings. The largest absolute Gasteiger partial charge is 0.439 e. The highest BCUT2D eigenvalue weighted by atomic mass is 19.4. The molecule has 0 saturated heterocycles. The molecule has 1 atom stereocenters. The van der Waals surface area contributed by atoms with Gasteiger partial charge in [-0.25, -0.2) is 8.78 Å². The topological polar surface area (TPSA) is 44.8 Å². The minimum absolute atomic E-state index is 0.329. The number of carbonyl (C=O) groups is 1. The van der Waals surface area contributed by atoms with Gasteiger partial charge in [0.2, 0.25) is 0 Å². The highest BCUT2D eigenvalue weighted by Crippen LogP contribution is 2.38. The van der Waals surface area contributed by atoms with E-state index >= 15 is 0 Å². The van der Waals surface area contributed by atoms with E-state index in [9.17, 15) is 35.5 Å². The van der Waals surface area contributed by atoms with Crippen LogP contribution in [-0.4, -0.2) is 38.1 Å². The summed E-state index contributed by atoms with van der Waals surface area (Å²) in [5.74, 6) is -3.92. The smallest absolute Gasteiger partial charge is 0.427 e. The second-order valence-electron chi connectivity index (χ2n) is 6.75. The molecule has 0 N–H and O–H groups in total. The quantitative estimate of drug-likeness (QED) is 0.344. The van der Waals surface area contributed by atoms with Crippen molar-refractivity contribution in [3.05, 3.63) is 24.0 Å². The maximum Gasteiger partial charge on any atom is 0.439 e. The van der Waals surface area contributed by atoms with Gasteiger partial charge in [-0.15, -0.1) is 0 Å². The fraction of sp³-hybridized carbons (Fsp3) is 0.611. The van der Waals surface area contributed by atoms with Gasteiger partial charge in [-0.2, -0.15) is 22.0 Å². The number of benzene rings is 1. The van der Waals surface area contributed by atoms with E-state index in [4.69, 9.17) is 9.47 Å². The van der Waals surface area contributed by atoms with Crippen LogP contribution in [0.4, 0.5) is 30.7 Å². The SMILES string of the molecule is COCC1CCC(C(=O)Oc2ccc(OC(F)(F)C(F)C(F)(F)F)c(F)c2)CC1. The Morgan fingerprint density at radius 3 is 2.28 bits per heavy atom. The molecule has 1 aromatic rings. The van der Waals surface area contributed by atoms with Crippen molar-refractivity contribution in [2.24, 2.45) is 11.8 Å². The van der Waals surface area contributed by atoms with Crippen molar-refractivity contribution in [3.8, 4) is 11.5 Å². The average Bonchev–Trinajstić information content (AvgIpc) is 2.63. The standard InChI is InChI=1S/C18H19F7O4/c1-27-9-10-2-4-11(5-3-10)15(26)28-12-6-7-14(13(19)8-12)29-18(24,25)16(20)17(21,22)23/h6-8,10-11,16H,2-5,9H2,1H3. The maximum absolute atomic E-state index is 13.9. The predicted octanol–water partition coefficient (Wildman–Crippen LogP) is 5.06. The lowest BCUT2D eigenvalue weighted by molar-refractivity contribution is -0.305. The van der Waals surface area contributed by atoms with E-state index in [1.807, 2.05) is 0 Å². The number of ether oxygens (including phenoxy) is 3. The molecule has 1 unspecified atom stereocenters. The molecule has 1 saturated carbocycles. The first-order chi connectivity index (χ1) is 13.4. The number of halogens is 7. The molecule has 2 rings (SSSR count). The van der Waals surface area contributed by atoms with Gasteiger partial charge >= 0.3 is 18.3 Å². The Balaban J connectivity index is 1.98. The summed E-state index contributed by atoms with van der Waals surface area (Å²) in [5, 5.41) is 0. The van der Waals surface area contributed by atoms with Gasteiger partial charge in [0.1, 0.15) is 5.75 Å². The highest BCUT2D eigenvalue weighted by molar-refractivity contribution is 5.75. The molecule has 0 bridgehead atoms. The average molecular weight is 432 g/mol. The fourth-order valence-corrected chi connectivity index (χ4v) is 3.02. The summed E-state index contributed by atoms with van der Waals surface area (Å²) in [6.07, 6.45) is -13.3. The zero-order valence-electron chi connectivity index (χ0n) is 15.3. The van der Waals surface area contributed by atoms with Crippen LogP contribution in [0.15, 0.2) is 18.2 Å². The Morgan fingerprint density at radius 1 is 1.14 bits per heavy atom. The van der Waals surface area contributed by atoms with Crippen LogP contribution >= 0.6 is 0 Å². The lowest BCUT2D eigenvalue weighted by atomic mass is 9.82. The highest BCUT2D eigenvalue weighted by Gasteiger charge is 2.59. The van der Waals surface area contributed by atoms with E-state index in [-0.39, 0.29) is 5.75 Å². The molecule has 164 valence electrons. The zero-order chi connectivity index (χ0) is 21.8. The molecule has 0 radical (unpaired) electrons. The fourth-order valence-electron chi connectivity index (χ4n) is 3.02. The Bertz CT molecular complexity index is 700. The van der Waals surface area contributed by atoms with E-state index in [1.165, 1.54) is 0 Å². The van der Waals surface area contributed by atoms with E-state index in [2.05, 4.69) is 4.74 Å². The summed E-state index contributed by atoms with van der Waals surface area (Å²) in [6.45, 7) is 0.577. The van der Waals surface area contributed by atoms with Crippen LogP contribution in [0.3, 0.4) is 0 Å². The lowest BCUT2D eigenvalue weighted by Crippen LogP contribution is -2.45. The first kappa shape index (κ1) is 23.2. The molecule has 0 amide bonds. The zero-order valence-corrected chi connectivity index (χ0v) is 15.3. The van der Waals surface area contributed by atoms with E-state index in [1.54, 1.807) is 7.11 Å². The van der Waals surface area contributed by atoms with Gasteiger partial charge in [0, 0.05) is 19.8 Å². The number of rotatable bonds is 7. The van der Waals surface area contributed by atoms with Crippen molar-refractivity contribution in [1.29, 1.82) is 0 Å². The van der Waals surface area contributed by atoms with Crippen LogP contribution in [0.2, 0.25) is 0 Å². The first-order valence-electron chi connectivity index (χ1n) is 8.71. The van der Waals surface area contributed by atoms with Gasteiger partial charge in [0.25, 0.3) is 6.17 Å². The molecule has 29 heavy (non-hydrogen) atoms. The van der Waals surface area contributed by atoms with Crippen molar-refractivity contribution in [2.45, 2.75) is 44.1 Å². The lowest BCUT2D eigenvalue weighted by Gasteiger charge is -2.26. The van der Waals surface area contributed by atoms with Gasteiger partial charge in [0.05, 0.1) is 5.92 Å². The van der Waals surface area contributed by atoms with Crippen molar-refractivity contribution in [3.63, 3.8) is 0 Å². The van der Waals surface area contributed by atoms with E-state index in [0.717, 1.165) is 18.9 Å². The number of carbonyl (C=O) groups excluding carboxylic acids is 1. The summed E-state index contributed by atoms with van der Waals surface area (Å²) in [4.78, 5) is 12.2. The van der Waals surface area contributed by atoms with Gasteiger partial charge in [-0.3, -0.25) is 4.79 Å². The molecule has 0 spiro atoms. The number of methoxy groups -OCH3 is 1. The summed E-state index contributed by atoms with van der Waals surface area (Å²) in [7, 11) is 1.58. The minimum Gasteiger partial charge on any atom is -0.427 e. The Hall–Kier alpha value is -2.04.